The molecule has 0 bridgehead atoms. The molecule has 1 aliphatic rings. The predicted molar refractivity (Wildman–Crippen MR) is 93.2 cm³/mol. The van der Waals surface area contributed by atoms with Crippen LogP contribution >= 0.6 is 0 Å². The van der Waals surface area contributed by atoms with E-state index in [1.807, 2.05) is 18.2 Å². The molecule has 1 saturated heterocycles. The Bertz CT molecular complexity index is 853. The van der Waals surface area contributed by atoms with E-state index in [9.17, 15) is 8.42 Å². The molecule has 2 heterocycles. The van der Waals surface area contributed by atoms with Gasteiger partial charge in [0, 0.05) is 11.6 Å². The summed E-state index contributed by atoms with van der Waals surface area (Å²) in [6, 6.07) is 9.12. The molecule has 0 radical (unpaired) electrons. The maximum Gasteiger partial charge on any atom is 0.274 e. The van der Waals surface area contributed by atoms with Crippen molar-refractivity contribution in [2.75, 3.05) is 25.7 Å². The summed E-state index contributed by atoms with van der Waals surface area (Å²) in [5.41, 5.74) is 1.04. The first-order valence-electron chi connectivity index (χ1n) is 7.97. The fourth-order valence-electron chi connectivity index (χ4n) is 3.24. The van der Waals surface area contributed by atoms with Gasteiger partial charge in [0.2, 0.25) is 10.0 Å². The molecular weight excluding hydrogens is 342 g/mol. The number of pyridine rings is 1. The van der Waals surface area contributed by atoms with Gasteiger partial charge in [-0.15, -0.1) is 0 Å². The van der Waals surface area contributed by atoms with Crippen LogP contribution in [0.1, 0.15) is 24.4 Å². The molecule has 2 aromatic rings. The summed E-state index contributed by atoms with van der Waals surface area (Å²) in [5.74, 6) is 2.41. The highest BCUT2D eigenvalue weighted by molar-refractivity contribution is 7.89. The van der Waals surface area contributed by atoms with Gasteiger partial charge in [0.05, 0.1) is 20.8 Å². The maximum absolute atomic E-state index is 11.4. The second kappa shape index (κ2) is 6.89. The van der Waals surface area contributed by atoms with Gasteiger partial charge in [0.15, 0.2) is 0 Å². The molecule has 0 unspecified atom stereocenters. The highest BCUT2D eigenvalue weighted by Gasteiger charge is 2.35. The van der Waals surface area contributed by atoms with Crippen LogP contribution in [0.15, 0.2) is 41.4 Å². The number of benzene rings is 1. The normalized spacial score (nSPS) is 17.6. The molecule has 134 valence electrons. The van der Waals surface area contributed by atoms with Crippen LogP contribution in [-0.4, -0.2) is 29.2 Å². The summed E-state index contributed by atoms with van der Waals surface area (Å²) in [5, 5.41) is 5.16. The molecule has 3 N–H and O–H groups in total. The van der Waals surface area contributed by atoms with Crippen molar-refractivity contribution >= 4 is 15.8 Å². The lowest BCUT2D eigenvalue weighted by Gasteiger charge is -2.21. The highest BCUT2D eigenvalue weighted by atomic mass is 32.2. The van der Waals surface area contributed by atoms with E-state index in [0.717, 1.165) is 42.3 Å². The number of sulfonamides is 1. The van der Waals surface area contributed by atoms with E-state index in [2.05, 4.69) is 9.88 Å². The summed E-state index contributed by atoms with van der Waals surface area (Å²) < 4.78 is 33.7. The molecule has 3 rings (SSSR count). The van der Waals surface area contributed by atoms with Gasteiger partial charge in [-0.2, -0.15) is 0 Å². The Balaban J connectivity index is 1.96. The highest BCUT2D eigenvalue weighted by Crippen LogP contribution is 2.40. The van der Waals surface area contributed by atoms with Crippen molar-refractivity contribution in [2.45, 2.75) is 23.8 Å². The second-order valence-electron chi connectivity index (χ2n) is 5.91. The van der Waals surface area contributed by atoms with E-state index < -0.39 is 10.0 Å². The molecule has 0 amide bonds. The third kappa shape index (κ3) is 3.54. The molecule has 1 fully saturated rings. The lowest BCUT2D eigenvalue weighted by molar-refractivity contribution is -0.367. The van der Waals surface area contributed by atoms with Crippen molar-refractivity contribution in [3.8, 4) is 11.5 Å². The summed E-state index contributed by atoms with van der Waals surface area (Å²) >= 11 is 0. The van der Waals surface area contributed by atoms with Crippen molar-refractivity contribution in [3.63, 3.8) is 0 Å². The number of methoxy groups -OCH3 is 2. The number of ether oxygens (including phenoxy) is 2. The predicted octanol–water partition coefficient (Wildman–Crippen LogP) is 1.51. The zero-order valence-corrected chi connectivity index (χ0v) is 15.0. The number of rotatable bonds is 5. The zero-order chi connectivity index (χ0) is 18.0. The number of aromatic nitrogens is 1. The monoisotopic (exact) mass is 364 g/mol. The number of nitrogens with two attached hydrogens (primary N) is 1. The van der Waals surface area contributed by atoms with Crippen molar-refractivity contribution < 1.29 is 22.9 Å². The van der Waals surface area contributed by atoms with Gasteiger partial charge in [0.1, 0.15) is 28.6 Å². The molecule has 1 aromatic heterocycles. The van der Waals surface area contributed by atoms with Gasteiger partial charge in [-0.05, 0) is 37.1 Å². The van der Waals surface area contributed by atoms with E-state index in [0.29, 0.717) is 0 Å². The fraction of sp³-hybridized carbons (Fsp3) is 0.353. The Hall–Kier alpha value is -2.32. The van der Waals surface area contributed by atoms with Crippen LogP contribution < -0.4 is 24.5 Å². The largest absolute Gasteiger partial charge is 0.497 e. The van der Waals surface area contributed by atoms with Gasteiger partial charge in [-0.1, -0.05) is 0 Å². The zero-order valence-electron chi connectivity index (χ0n) is 14.2. The maximum atomic E-state index is 11.4. The lowest BCUT2D eigenvalue weighted by Crippen LogP contribution is -2.29. The average molecular weight is 364 g/mol. The van der Waals surface area contributed by atoms with Gasteiger partial charge >= 0.3 is 0 Å². The number of anilines is 1. The molecule has 0 saturated carbocycles. The first-order valence-corrected chi connectivity index (χ1v) is 9.52. The van der Waals surface area contributed by atoms with Gasteiger partial charge in [-0.25, -0.2) is 18.5 Å². The quantitative estimate of drug-likeness (QED) is 0.867. The molecule has 7 nitrogen and oxygen atoms in total. The van der Waals surface area contributed by atoms with Crippen molar-refractivity contribution in [1.29, 1.82) is 0 Å². The number of nitrogens with zero attached hydrogens (tertiary/aromatic N) is 1. The van der Waals surface area contributed by atoms with Crippen molar-refractivity contribution in [3.05, 3.63) is 42.1 Å². The first kappa shape index (κ1) is 17.5. The van der Waals surface area contributed by atoms with Crippen LogP contribution in [0.4, 0.5) is 5.82 Å². The van der Waals surface area contributed by atoms with Crippen LogP contribution in [-0.2, 0) is 10.0 Å². The number of hydrogen-bond acceptors (Lipinski definition) is 5. The van der Waals surface area contributed by atoms with Crippen LogP contribution in [0.5, 0.6) is 11.5 Å². The van der Waals surface area contributed by atoms with E-state index in [4.69, 9.17) is 14.6 Å². The van der Waals surface area contributed by atoms with E-state index in [-0.39, 0.29) is 10.9 Å². The first-order chi connectivity index (χ1) is 11.9. The Morgan fingerprint density at radius 2 is 2.00 bits per heavy atom. The molecule has 25 heavy (non-hydrogen) atoms. The Labute approximate surface area is 147 Å². The topological polar surface area (TPSA) is 96.0 Å². The SMILES string of the molecule is COc1ccc(OC)c([C@@H]2CCCN2c2ccc(S(N)(=O)=O)c[nH+]2)c1. The van der Waals surface area contributed by atoms with Crippen LogP contribution in [0.3, 0.4) is 0 Å². The van der Waals surface area contributed by atoms with E-state index in [1.54, 1.807) is 20.3 Å². The minimum Gasteiger partial charge on any atom is -0.497 e. The van der Waals surface area contributed by atoms with Crippen molar-refractivity contribution in [2.24, 2.45) is 5.14 Å². The third-order valence-electron chi connectivity index (χ3n) is 4.45. The summed E-state index contributed by atoms with van der Waals surface area (Å²) in [4.78, 5) is 5.31. The lowest BCUT2D eigenvalue weighted by atomic mass is 10.0. The smallest absolute Gasteiger partial charge is 0.274 e. The van der Waals surface area contributed by atoms with Gasteiger partial charge in [0.25, 0.3) is 5.82 Å². The minimum absolute atomic E-state index is 0.0611. The molecule has 1 atom stereocenters. The average Bonchev–Trinajstić information content (AvgIpc) is 3.10. The Kier molecular flexibility index (Phi) is 4.82. The standard InChI is InChI=1S/C17H21N3O4S/c1-23-12-5-7-16(24-2)14(10-12)15-4-3-9-20(15)17-8-6-13(11-19-17)25(18,21)22/h5-8,10-11,15H,3-4,9H2,1-2H3,(H2,18,21,22)/p+1/t15-/m0/s1. The molecule has 8 heteroatoms. The molecule has 1 aromatic carbocycles. The van der Waals surface area contributed by atoms with Crippen molar-refractivity contribution in [1.82, 2.24) is 0 Å². The Morgan fingerprint density at radius 3 is 2.60 bits per heavy atom. The Morgan fingerprint density at radius 1 is 1.20 bits per heavy atom. The fourth-order valence-corrected chi connectivity index (χ4v) is 3.72. The van der Waals surface area contributed by atoms with Crippen LogP contribution in [0, 0.1) is 0 Å². The van der Waals surface area contributed by atoms with Crippen LogP contribution in [0.2, 0.25) is 0 Å². The summed E-state index contributed by atoms with van der Waals surface area (Å²) in [7, 11) is -0.428. The summed E-state index contributed by atoms with van der Waals surface area (Å²) in [6.07, 6.45) is 3.41. The van der Waals surface area contributed by atoms with E-state index >= 15 is 0 Å². The number of aromatic amines is 1. The van der Waals surface area contributed by atoms with Gasteiger partial charge in [-0.3, -0.25) is 4.90 Å². The number of hydrogen-bond donors (Lipinski definition) is 1. The number of H-pyrrole nitrogens is 1. The molecule has 0 spiro atoms. The van der Waals surface area contributed by atoms with Gasteiger partial charge < -0.3 is 9.47 Å². The third-order valence-corrected chi connectivity index (χ3v) is 5.37. The second-order valence-corrected chi connectivity index (χ2v) is 7.48. The molecule has 0 aliphatic carbocycles. The number of nitrogens with one attached hydrogen (secondary N) is 1. The molecule has 1 aliphatic heterocycles. The van der Waals surface area contributed by atoms with E-state index in [1.165, 1.54) is 12.3 Å². The molecular formula is C17H22N3O4S+. The minimum atomic E-state index is -3.71. The summed E-state index contributed by atoms with van der Waals surface area (Å²) in [6.45, 7) is 0.857. The van der Waals surface area contributed by atoms with Crippen LogP contribution in [0.25, 0.3) is 0 Å². The number of primary sulfonamides is 1.